The normalized spacial score (nSPS) is 11.4. The average Bonchev–Trinajstić information content (AvgIpc) is 2.92. The Morgan fingerprint density at radius 1 is 1.00 bits per heavy atom. The smallest absolute Gasteiger partial charge is 0.267 e. The van der Waals surface area contributed by atoms with Crippen molar-refractivity contribution >= 4 is 27.2 Å². The number of sulfonamides is 1. The molecule has 26 heavy (non-hydrogen) atoms. The van der Waals surface area contributed by atoms with Crippen LogP contribution < -0.4 is 10.0 Å². The van der Waals surface area contributed by atoms with Gasteiger partial charge in [0.2, 0.25) is 0 Å². The van der Waals surface area contributed by atoms with Crippen LogP contribution in [0.25, 0.3) is 0 Å². The minimum Gasteiger partial charge on any atom is -0.360 e. The third-order valence-electron chi connectivity index (χ3n) is 3.99. The molecule has 2 heterocycles. The summed E-state index contributed by atoms with van der Waals surface area (Å²) in [4.78, 5) is 4.34. The highest BCUT2D eigenvalue weighted by Crippen LogP contribution is 2.25. The van der Waals surface area contributed by atoms with E-state index in [4.69, 9.17) is 4.52 Å². The first-order chi connectivity index (χ1) is 12.3. The third kappa shape index (κ3) is 3.55. The van der Waals surface area contributed by atoms with Gasteiger partial charge in [0.25, 0.3) is 10.0 Å². The maximum Gasteiger partial charge on any atom is 0.267 e. The molecule has 0 fully saturated rings. The number of anilines is 3. The van der Waals surface area contributed by atoms with Gasteiger partial charge < -0.3 is 9.84 Å². The Bertz CT molecular complexity index is 1000. The van der Waals surface area contributed by atoms with Gasteiger partial charge >= 0.3 is 0 Å². The van der Waals surface area contributed by atoms with Gasteiger partial charge in [-0.3, -0.25) is 4.72 Å². The summed E-state index contributed by atoms with van der Waals surface area (Å²) < 4.78 is 32.5. The van der Waals surface area contributed by atoms with Crippen molar-refractivity contribution in [1.29, 1.82) is 0 Å². The molecule has 0 saturated carbocycles. The lowest BCUT2D eigenvalue weighted by Gasteiger charge is -2.12. The zero-order valence-electron chi connectivity index (χ0n) is 15.0. The van der Waals surface area contributed by atoms with Gasteiger partial charge in [-0.05, 0) is 51.0 Å². The Kier molecular flexibility index (Phi) is 4.69. The second-order valence-corrected chi connectivity index (χ2v) is 7.70. The number of hydrogen-bond acceptors (Lipinski definition) is 6. The van der Waals surface area contributed by atoms with Crippen LogP contribution in [-0.2, 0) is 10.0 Å². The zero-order chi connectivity index (χ0) is 18.9. The number of para-hydroxylation sites is 1. The third-order valence-corrected chi connectivity index (χ3v) is 5.61. The molecule has 0 aliphatic carbocycles. The Morgan fingerprint density at radius 3 is 2.23 bits per heavy atom. The summed E-state index contributed by atoms with van der Waals surface area (Å²) in [7, 11) is -3.78. The number of rotatable bonds is 5. The molecule has 0 bridgehead atoms. The highest BCUT2D eigenvalue weighted by atomic mass is 32.2. The number of nitrogens with one attached hydrogen (secondary N) is 2. The van der Waals surface area contributed by atoms with Crippen LogP contribution in [0.2, 0.25) is 0 Å². The molecule has 1 aromatic carbocycles. The molecular weight excluding hydrogens is 352 g/mol. The molecule has 0 radical (unpaired) electrons. The lowest BCUT2D eigenvalue weighted by molar-refractivity contribution is 0.390. The van der Waals surface area contributed by atoms with E-state index in [2.05, 4.69) is 20.2 Å². The Balaban J connectivity index is 1.80. The number of nitrogens with zero attached hydrogens (tertiary/aromatic N) is 2. The van der Waals surface area contributed by atoms with Gasteiger partial charge in [-0.15, -0.1) is 0 Å². The van der Waals surface area contributed by atoms with E-state index in [0.717, 1.165) is 16.8 Å². The fourth-order valence-electron chi connectivity index (χ4n) is 2.73. The molecule has 0 atom stereocenters. The van der Waals surface area contributed by atoms with Gasteiger partial charge in [-0.2, -0.15) is 0 Å². The molecule has 2 aromatic heterocycles. The number of aromatic nitrogens is 2. The Morgan fingerprint density at radius 2 is 1.69 bits per heavy atom. The van der Waals surface area contributed by atoms with Crippen LogP contribution in [0.5, 0.6) is 0 Å². The molecule has 0 spiro atoms. The van der Waals surface area contributed by atoms with Gasteiger partial charge in [-0.25, -0.2) is 13.4 Å². The first kappa shape index (κ1) is 17.9. The summed E-state index contributed by atoms with van der Waals surface area (Å²) in [6.45, 7) is 7.17. The molecule has 0 saturated heterocycles. The van der Waals surface area contributed by atoms with Crippen molar-refractivity contribution in [1.82, 2.24) is 10.1 Å². The standard InChI is InChI=1S/C18H20N4O3S/c1-11-6-5-7-12(2)17(11)20-16-9-8-15(10-19-16)22-26(23,24)18-13(3)21-25-14(18)4/h5-10,22H,1-4H3,(H,19,20). The SMILES string of the molecule is Cc1cccc(C)c1Nc1ccc(NS(=O)(=O)c2c(C)noc2C)cn1. The van der Waals surface area contributed by atoms with E-state index in [0.29, 0.717) is 17.2 Å². The van der Waals surface area contributed by atoms with Gasteiger partial charge in [-0.1, -0.05) is 23.4 Å². The summed E-state index contributed by atoms with van der Waals surface area (Å²) in [5.41, 5.74) is 3.88. The first-order valence-corrected chi connectivity index (χ1v) is 9.51. The molecule has 3 rings (SSSR count). The molecule has 0 unspecified atom stereocenters. The van der Waals surface area contributed by atoms with Crippen LogP contribution >= 0.6 is 0 Å². The summed E-state index contributed by atoms with van der Waals surface area (Å²) in [5.74, 6) is 0.874. The van der Waals surface area contributed by atoms with Gasteiger partial charge in [0.1, 0.15) is 11.5 Å². The molecular formula is C18H20N4O3S. The average molecular weight is 372 g/mol. The summed E-state index contributed by atoms with van der Waals surface area (Å²) >= 11 is 0. The molecule has 136 valence electrons. The summed E-state index contributed by atoms with van der Waals surface area (Å²) in [6.07, 6.45) is 1.46. The van der Waals surface area contributed by atoms with Crippen molar-refractivity contribution in [2.75, 3.05) is 10.0 Å². The van der Waals surface area contributed by atoms with Crippen molar-refractivity contribution in [2.24, 2.45) is 0 Å². The van der Waals surface area contributed by atoms with Crippen LogP contribution in [0.15, 0.2) is 45.9 Å². The largest absolute Gasteiger partial charge is 0.360 e. The Labute approximate surface area is 152 Å². The summed E-state index contributed by atoms with van der Waals surface area (Å²) in [6, 6.07) is 9.40. The minimum absolute atomic E-state index is 0.0511. The quantitative estimate of drug-likeness (QED) is 0.706. The van der Waals surface area contributed by atoms with Crippen molar-refractivity contribution in [3.63, 3.8) is 0 Å². The highest BCUT2D eigenvalue weighted by Gasteiger charge is 2.24. The lowest BCUT2D eigenvalue weighted by atomic mass is 10.1. The van der Waals surface area contributed by atoms with E-state index in [9.17, 15) is 8.42 Å². The van der Waals surface area contributed by atoms with E-state index >= 15 is 0 Å². The predicted octanol–water partition coefficient (Wildman–Crippen LogP) is 3.85. The number of pyridine rings is 1. The van der Waals surface area contributed by atoms with Crippen molar-refractivity contribution in [2.45, 2.75) is 32.6 Å². The summed E-state index contributed by atoms with van der Waals surface area (Å²) in [5, 5.41) is 6.94. The fraction of sp³-hybridized carbons (Fsp3) is 0.222. The van der Waals surface area contributed by atoms with Crippen molar-refractivity contribution in [3.05, 3.63) is 59.1 Å². The van der Waals surface area contributed by atoms with E-state index in [1.54, 1.807) is 26.0 Å². The number of benzene rings is 1. The van der Waals surface area contributed by atoms with Gasteiger partial charge in [0, 0.05) is 5.69 Å². The van der Waals surface area contributed by atoms with E-state index in [-0.39, 0.29) is 10.7 Å². The number of aryl methyl sites for hydroxylation is 4. The highest BCUT2D eigenvalue weighted by molar-refractivity contribution is 7.92. The molecule has 8 heteroatoms. The van der Waals surface area contributed by atoms with Crippen LogP contribution in [0, 0.1) is 27.7 Å². The fourth-order valence-corrected chi connectivity index (χ4v) is 4.11. The molecule has 2 N–H and O–H groups in total. The van der Waals surface area contributed by atoms with E-state index in [1.165, 1.54) is 6.20 Å². The minimum atomic E-state index is -3.78. The molecule has 0 amide bonds. The predicted molar refractivity (Wildman–Crippen MR) is 100 cm³/mol. The molecule has 3 aromatic rings. The monoisotopic (exact) mass is 372 g/mol. The Hall–Kier alpha value is -2.87. The first-order valence-electron chi connectivity index (χ1n) is 8.03. The topological polar surface area (TPSA) is 97.1 Å². The van der Waals surface area contributed by atoms with Gasteiger partial charge in [0.05, 0.1) is 11.9 Å². The zero-order valence-corrected chi connectivity index (χ0v) is 15.8. The van der Waals surface area contributed by atoms with E-state index < -0.39 is 10.0 Å². The lowest BCUT2D eigenvalue weighted by Crippen LogP contribution is -2.14. The van der Waals surface area contributed by atoms with Crippen LogP contribution in [-0.4, -0.2) is 18.6 Å². The van der Waals surface area contributed by atoms with Crippen LogP contribution in [0.3, 0.4) is 0 Å². The van der Waals surface area contributed by atoms with Crippen molar-refractivity contribution in [3.8, 4) is 0 Å². The molecule has 0 aliphatic heterocycles. The van der Waals surface area contributed by atoms with Crippen molar-refractivity contribution < 1.29 is 12.9 Å². The molecule has 7 nitrogen and oxygen atoms in total. The second-order valence-electron chi connectivity index (χ2n) is 6.08. The van der Waals surface area contributed by atoms with Crippen LogP contribution in [0.1, 0.15) is 22.6 Å². The maximum absolute atomic E-state index is 12.5. The molecule has 0 aliphatic rings. The number of hydrogen-bond donors (Lipinski definition) is 2. The maximum atomic E-state index is 12.5. The van der Waals surface area contributed by atoms with Gasteiger partial charge in [0.15, 0.2) is 10.7 Å². The second kappa shape index (κ2) is 6.80. The van der Waals surface area contributed by atoms with E-state index in [1.807, 2.05) is 32.0 Å². The van der Waals surface area contributed by atoms with Crippen LogP contribution in [0.4, 0.5) is 17.2 Å².